The first-order valence-corrected chi connectivity index (χ1v) is 26.5. The van der Waals surface area contributed by atoms with Crippen molar-refractivity contribution in [3.8, 4) is 0 Å². The third-order valence-corrected chi connectivity index (χ3v) is 10.9. The Hall–Kier alpha value is -3.93. The molecule has 1 atom stereocenters. The zero-order valence-corrected chi connectivity index (χ0v) is 42.0. The number of esters is 3. The van der Waals surface area contributed by atoms with E-state index in [1.54, 1.807) is 0 Å². The highest BCUT2D eigenvalue weighted by Gasteiger charge is 2.19. The number of hydrogen-bond donors (Lipinski definition) is 0. The minimum absolute atomic E-state index is 0.115. The lowest BCUT2D eigenvalue weighted by Gasteiger charge is -2.18. The molecule has 0 rings (SSSR count). The largest absolute Gasteiger partial charge is 0.462 e. The van der Waals surface area contributed by atoms with Gasteiger partial charge in [0.25, 0.3) is 0 Å². The van der Waals surface area contributed by atoms with Crippen LogP contribution in [0.25, 0.3) is 0 Å². The molecule has 0 fully saturated rings. The Balaban J connectivity index is 4.51. The summed E-state index contributed by atoms with van der Waals surface area (Å²) in [6, 6.07) is 0. The van der Waals surface area contributed by atoms with Gasteiger partial charge in [-0.05, 0) is 96.3 Å². The van der Waals surface area contributed by atoms with Crippen LogP contribution in [-0.2, 0) is 28.6 Å². The first kappa shape index (κ1) is 61.1. The van der Waals surface area contributed by atoms with E-state index in [2.05, 4.69) is 130 Å². The maximum absolute atomic E-state index is 12.8. The normalized spacial score (nSPS) is 13.0. The lowest BCUT2D eigenvalue weighted by atomic mass is 10.1. The van der Waals surface area contributed by atoms with Gasteiger partial charge in [0.1, 0.15) is 13.2 Å². The van der Waals surface area contributed by atoms with Gasteiger partial charge in [0.2, 0.25) is 0 Å². The minimum atomic E-state index is -0.819. The van der Waals surface area contributed by atoms with E-state index < -0.39 is 6.10 Å². The van der Waals surface area contributed by atoms with Gasteiger partial charge in [-0.15, -0.1) is 0 Å². The summed E-state index contributed by atoms with van der Waals surface area (Å²) >= 11 is 0. The van der Waals surface area contributed by atoms with Crippen molar-refractivity contribution in [3.63, 3.8) is 0 Å². The first-order chi connectivity index (χ1) is 32.0. The van der Waals surface area contributed by atoms with Crippen LogP contribution in [0.3, 0.4) is 0 Å². The second kappa shape index (κ2) is 52.7. The van der Waals surface area contributed by atoms with Gasteiger partial charge in [-0.2, -0.15) is 0 Å². The van der Waals surface area contributed by atoms with Crippen molar-refractivity contribution in [1.82, 2.24) is 0 Å². The zero-order valence-electron chi connectivity index (χ0n) is 42.0. The maximum atomic E-state index is 12.8. The molecule has 0 aliphatic rings. The number of unbranched alkanes of at least 4 members (excludes halogenated alkanes) is 21. The summed E-state index contributed by atoms with van der Waals surface area (Å²) in [6.07, 6.45) is 70.8. The van der Waals surface area contributed by atoms with Crippen LogP contribution in [-0.4, -0.2) is 37.2 Å². The van der Waals surface area contributed by atoms with Crippen molar-refractivity contribution in [3.05, 3.63) is 109 Å². The fourth-order valence-electron chi connectivity index (χ4n) is 6.88. The van der Waals surface area contributed by atoms with Crippen LogP contribution in [0.5, 0.6) is 0 Å². The Kier molecular flexibility index (Phi) is 49.5. The highest BCUT2D eigenvalue weighted by molar-refractivity contribution is 5.71. The lowest BCUT2D eigenvalue weighted by Crippen LogP contribution is -2.30. The number of allylic oxidation sites excluding steroid dienone is 18. The van der Waals surface area contributed by atoms with Crippen LogP contribution in [0.1, 0.15) is 226 Å². The molecule has 0 aromatic rings. The molecule has 0 aliphatic carbocycles. The van der Waals surface area contributed by atoms with E-state index in [1.165, 1.54) is 64.2 Å². The highest BCUT2D eigenvalue weighted by atomic mass is 16.6. The second-order valence-electron chi connectivity index (χ2n) is 17.2. The third kappa shape index (κ3) is 50.9. The van der Waals surface area contributed by atoms with Gasteiger partial charge >= 0.3 is 17.9 Å². The Bertz CT molecular complexity index is 1360. The number of ether oxygens (including phenoxy) is 3. The standard InChI is InChI=1S/C59H96O6/c1-4-7-10-13-16-19-22-24-26-28-30-32-34-37-40-43-46-49-52-58(61)64-55-56(54-63-57(60)51-48-45-42-39-36-21-18-15-12-9-6-3)65-59(62)53-50-47-44-41-38-35-33-31-29-27-25-23-20-17-14-11-8-5-2/h9,12,18,21-33,39,42,56H,4-8,10-11,13-17,19-20,34-38,40-41,43-55H2,1-3H3/b12-9-,21-18-,24-22-,25-23-,28-26-,29-27-,32-30-,33-31-,42-39-. The molecule has 65 heavy (non-hydrogen) atoms. The molecule has 0 N–H and O–H groups in total. The number of carbonyl (C=O) groups excluding carboxylic acids is 3. The van der Waals surface area contributed by atoms with Gasteiger partial charge < -0.3 is 14.2 Å². The van der Waals surface area contributed by atoms with Gasteiger partial charge in [0.05, 0.1) is 0 Å². The average Bonchev–Trinajstić information content (AvgIpc) is 3.30. The smallest absolute Gasteiger partial charge is 0.306 e. The van der Waals surface area contributed by atoms with Crippen LogP contribution >= 0.6 is 0 Å². The van der Waals surface area contributed by atoms with Crippen molar-refractivity contribution >= 4 is 17.9 Å². The van der Waals surface area contributed by atoms with Crippen LogP contribution in [0.2, 0.25) is 0 Å². The fraction of sp³-hybridized carbons (Fsp3) is 0.644. The quantitative estimate of drug-likeness (QED) is 0.0199. The zero-order chi connectivity index (χ0) is 47.2. The summed E-state index contributed by atoms with van der Waals surface area (Å²) < 4.78 is 16.7. The molecule has 0 bridgehead atoms. The molecule has 0 amide bonds. The van der Waals surface area contributed by atoms with E-state index in [9.17, 15) is 14.4 Å². The van der Waals surface area contributed by atoms with Crippen molar-refractivity contribution in [2.24, 2.45) is 0 Å². The summed E-state index contributed by atoms with van der Waals surface area (Å²) in [4.78, 5) is 38.0. The van der Waals surface area contributed by atoms with Gasteiger partial charge in [-0.1, -0.05) is 220 Å². The van der Waals surface area contributed by atoms with Crippen molar-refractivity contribution in [2.75, 3.05) is 13.2 Å². The van der Waals surface area contributed by atoms with Crippen molar-refractivity contribution < 1.29 is 28.6 Å². The molecular weight excluding hydrogens is 805 g/mol. The molecule has 0 aromatic heterocycles. The molecular formula is C59H96O6. The number of rotatable bonds is 46. The molecule has 6 nitrogen and oxygen atoms in total. The van der Waals surface area contributed by atoms with Gasteiger partial charge in [0, 0.05) is 19.3 Å². The monoisotopic (exact) mass is 901 g/mol. The van der Waals surface area contributed by atoms with Crippen LogP contribution in [0.15, 0.2) is 109 Å². The Labute approximate surface area is 400 Å². The molecule has 0 heterocycles. The predicted octanol–water partition coefficient (Wildman–Crippen LogP) is 17.5. The Morgan fingerprint density at radius 3 is 1.11 bits per heavy atom. The average molecular weight is 901 g/mol. The summed E-state index contributed by atoms with van der Waals surface area (Å²) in [7, 11) is 0. The van der Waals surface area contributed by atoms with E-state index in [-0.39, 0.29) is 44.0 Å². The molecule has 1 unspecified atom stereocenters. The molecule has 0 spiro atoms. The predicted molar refractivity (Wildman–Crippen MR) is 279 cm³/mol. The SMILES string of the molecule is CC/C=C\C/C=C\C/C=C\CCCC(=O)OCC(COC(=O)CCCCCCC\C=C/C=C\C=C/CCCCCCC)OC(=O)CCCCCCC\C=C/C=C\C=C/CCCCCCC. The van der Waals surface area contributed by atoms with E-state index in [1.807, 2.05) is 0 Å². The molecule has 0 radical (unpaired) electrons. The first-order valence-electron chi connectivity index (χ1n) is 26.5. The lowest BCUT2D eigenvalue weighted by molar-refractivity contribution is -0.167. The number of carbonyl (C=O) groups is 3. The third-order valence-electron chi connectivity index (χ3n) is 10.9. The summed E-state index contributed by atoms with van der Waals surface area (Å²) in [5.41, 5.74) is 0. The molecule has 0 saturated carbocycles. The molecule has 0 aromatic carbocycles. The minimum Gasteiger partial charge on any atom is -0.462 e. The Morgan fingerprint density at radius 1 is 0.338 bits per heavy atom. The van der Waals surface area contributed by atoms with Crippen molar-refractivity contribution in [1.29, 1.82) is 0 Å². The maximum Gasteiger partial charge on any atom is 0.306 e. The van der Waals surface area contributed by atoms with Gasteiger partial charge in [0.15, 0.2) is 6.10 Å². The Morgan fingerprint density at radius 2 is 0.677 bits per heavy atom. The van der Waals surface area contributed by atoms with E-state index >= 15 is 0 Å². The summed E-state index contributed by atoms with van der Waals surface area (Å²) in [6.45, 7) is 6.39. The van der Waals surface area contributed by atoms with Crippen LogP contribution in [0.4, 0.5) is 0 Å². The van der Waals surface area contributed by atoms with Crippen LogP contribution < -0.4 is 0 Å². The molecule has 368 valence electrons. The van der Waals surface area contributed by atoms with Gasteiger partial charge in [-0.3, -0.25) is 14.4 Å². The van der Waals surface area contributed by atoms with Gasteiger partial charge in [-0.25, -0.2) is 0 Å². The molecule has 0 aliphatic heterocycles. The van der Waals surface area contributed by atoms with E-state index in [0.29, 0.717) is 12.8 Å². The fourth-order valence-corrected chi connectivity index (χ4v) is 6.88. The highest BCUT2D eigenvalue weighted by Crippen LogP contribution is 2.12. The van der Waals surface area contributed by atoms with E-state index in [0.717, 1.165) is 116 Å². The topological polar surface area (TPSA) is 78.9 Å². The van der Waals surface area contributed by atoms with Crippen LogP contribution in [0, 0.1) is 0 Å². The number of hydrogen-bond acceptors (Lipinski definition) is 6. The molecule has 6 heteroatoms. The summed E-state index contributed by atoms with van der Waals surface area (Å²) in [5.74, 6) is -1.01. The summed E-state index contributed by atoms with van der Waals surface area (Å²) in [5, 5.41) is 0. The van der Waals surface area contributed by atoms with Crippen molar-refractivity contribution in [2.45, 2.75) is 232 Å². The second-order valence-corrected chi connectivity index (χ2v) is 17.2. The molecule has 0 saturated heterocycles. The van der Waals surface area contributed by atoms with E-state index in [4.69, 9.17) is 14.2 Å².